The Labute approximate surface area is 129 Å². The summed E-state index contributed by atoms with van der Waals surface area (Å²) in [4.78, 5) is 26.7. The SMILES string of the molecule is CCN1CCN(CCOc2ccc(C)cc2Cl)C(=O)C1=O. The Morgan fingerprint density at radius 1 is 1.19 bits per heavy atom. The van der Waals surface area contributed by atoms with Crippen LogP contribution in [0.15, 0.2) is 18.2 Å². The van der Waals surface area contributed by atoms with Gasteiger partial charge in [-0.25, -0.2) is 0 Å². The summed E-state index contributed by atoms with van der Waals surface area (Å²) in [6.07, 6.45) is 0. The van der Waals surface area contributed by atoms with E-state index in [0.717, 1.165) is 5.56 Å². The van der Waals surface area contributed by atoms with Crippen molar-refractivity contribution in [2.45, 2.75) is 13.8 Å². The minimum Gasteiger partial charge on any atom is -0.490 e. The van der Waals surface area contributed by atoms with E-state index in [1.165, 1.54) is 4.90 Å². The Morgan fingerprint density at radius 3 is 2.52 bits per heavy atom. The van der Waals surface area contributed by atoms with Gasteiger partial charge in [0.1, 0.15) is 12.4 Å². The summed E-state index contributed by atoms with van der Waals surface area (Å²) in [6, 6.07) is 5.54. The molecule has 1 aliphatic heterocycles. The van der Waals surface area contributed by atoms with Crippen LogP contribution in [0.4, 0.5) is 0 Å². The number of aryl methyl sites for hydroxylation is 1. The molecule has 0 N–H and O–H groups in total. The summed E-state index contributed by atoms with van der Waals surface area (Å²) in [5, 5.41) is 0.549. The van der Waals surface area contributed by atoms with Crippen LogP contribution in [0.5, 0.6) is 5.75 Å². The monoisotopic (exact) mass is 310 g/mol. The first-order chi connectivity index (χ1) is 10.0. The Bertz CT molecular complexity index is 548. The molecule has 0 saturated carbocycles. The van der Waals surface area contributed by atoms with Crippen LogP contribution in [-0.2, 0) is 9.59 Å². The number of carbonyl (C=O) groups is 2. The smallest absolute Gasteiger partial charge is 0.312 e. The third kappa shape index (κ3) is 3.67. The highest BCUT2D eigenvalue weighted by Crippen LogP contribution is 2.25. The quantitative estimate of drug-likeness (QED) is 0.778. The van der Waals surface area contributed by atoms with Gasteiger partial charge >= 0.3 is 11.8 Å². The molecule has 0 spiro atoms. The number of benzene rings is 1. The van der Waals surface area contributed by atoms with Gasteiger partial charge in [0.2, 0.25) is 0 Å². The maximum Gasteiger partial charge on any atom is 0.312 e. The number of amides is 2. The zero-order valence-electron chi connectivity index (χ0n) is 12.3. The van der Waals surface area contributed by atoms with E-state index in [4.69, 9.17) is 16.3 Å². The summed E-state index contributed by atoms with van der Waals surface area (Å²) in [6.45, 7) is 6.19. The highest BCUT2D eigenvalue weighted by Gasteiger charge is 2.31. The topological polar surface area (TPSA) is 49.9 Å². The summed E-state index contributed by atoms with van der Waals surface area (Å²) in [5.41, 5.74) is 1.06. The summed E-state index contributed by atoms with van der Waals surface area (Å²) < 4.78 is 5.58. The lowest BCUT2D eigenvalue weighted by molar-refractivity contribution is -0.156. The minimum absolute atomic E-state index is 0.313. The number of halogens is 1. The fourth-order valence-electron chi connectivity index (χ4n) is 2.22. The number of piperazine rings is 1. The zero-order chi connectivity index (χ0) is 15.4. The van der Waals surface area contributed by atoms with Crippen molar-refractivity contribution in [1.29, 1.82) is 0 Å². The highest BCUT2D eigenvalue weighted by molar-refractivity contribution is 6.35. The molecule has 1 aromatic rings. The molecule has 5 nitrogen and oxygen atoms in total. The number of carbonyl (C=O) groups excluding carboxylic acids is 2. The largest absolute Gasteiger partial charge is 0.490 e. The van der Waals surface area contributed by atoms with E-state index < -0.39 is 11.8 Å². The Balaban J connectivity index is 1.86. The van der Waals surface area contributed by atoms with Crippen LogP contribution in [0.2, 0.25) is 5.02 Å². The third-order valence-electron chi connectivity index (χ3n) is 3.49. The molecular weight excluding hydrogens is 292 g/mol. The predicted molar refractivity (Wildman–Crippen MR) is 80.5 cm³/mol. The van der Waals surface area contributed by atoms with Gasteiger partial charge in [-0.3, -0.25) is 9.59 Å². The van der Waals surface area contributed by atoms with Crippen molar-refractivity contribution in [2.75, 3.05) is 32.8 Å². The highest BCUT2D eigenvalue weighted by atomic mass is 35.5. The maximum atomic E-state index is 11.9. The van der Waals surface area contributed by atoms with Crippen LogP contribution in [0.3, 0.4) is 0 Å². The predicted octanol–water partition coefficient (Wildman–Crippen LogP) is 1.72. The van der Waals surface area contributed by atoms with Crippen LogP contribution in [0, 0.1) is 6.92 Å². The molecular formula is C15H19ClN2O3. The van der Waals surface area contributed by atoms with E-state index in [0.29, 0.717) is 43.6 Å². The number of ether oxygens (including phenoxy) is 1. The molecule has 0 bridgehead atoms. The summed E-state index contributed by atoms with van der Waals surface area (Å²) in [7, 11) is 0. The Morgan fingerprint density at radius 2 is 1.86 bits per heavy atom. The second kappa shape index (κ2) is 6.80. The molecule has 1 saturated heterocycles. The molecule has 6 heteroatoms. The molecule has 2 rings (SSSR count). The van der Waals surface area contributed by atoms with Gasteiger partial charge in [-0.2, -0.15) is 0 Å². The standard InChI is InChI=1S/C15H19ClN2O3/c1-3-17-6-7-18(15(20)14(17)19)8-9-21-13-5-4-11(2)10-12(13)16/h4-5,10H,3,6-9H2,1-2H3. The molecule has 1 fully saturated rings. The molecule has 1 aliphatic rings. The average molecular weight is 311 g/mol. The van der Waals surface area contributed by atoms with Crippen molar-refractivity contribution in [1.82, 2.24) is 9.80 Å². The van der Waals surface area contributed by atoms with Crippen molar-refractivity contribution in [2.24, 2.45) is 0 Å². The van der Waals surface area contributed by atoms with Gasteiger partial charge in [0.25, 0.3) is 0 Å². The zero-order valence-corrected chi connectivity index (χ0v) is 13.0. The van der Waals surface area contributed by atoms with Crippen molar-refractivity contribution in [3.05, 3.63) is 28.8 Å². The van der Waals surface area contributed by atoms with Crippen LogP contribution in [0.1, 0.15) is 12.5 Å². The van der Waals surface area contributed by atoms with Crippen molar-refractivity contribution < 1.29 is 14.3 Å². The fourth-order valence-corrected chi connectivity index (χ4v) is 2.51. The van der Waals surface area contributed by atoms with Gasteiger partial charge in [0.15, 0.2) is 0 Å². The molecule has 2 amide bonds. The number of rotatable bonds is 5. The Kier molecular flexibility index (Phi) is 5.07. The lowest BCUT2D eigenvalue weighted by Crippen LogP contribution is -2.54. The van der Waals surface area contributed by atoms with Crippen molar-refractivity contribution in [3.63, 3.8) is 0 Å². The molecule has 1 aromatic carbocycles. The number of likely N-dealkylation sites (N-methyl/N-ethyl adjacent to an activating group) is 1. The second-order valence-corrected chi connectivity index (χ2v) is 5.37. The molecule has 0 aliphatic carbocycles. The van der Waals surface area contributed by atoms with Crippen LogP contribution in [-0.4, -0.2) is 54.4 Å². The van der Waals surface area contributed by atoms with E-state index in [1.54, 1.807) is 11.0 Å². The van der Waals surface area contributed by atoms with Crippen LogP contribution < -0.4 is 4.74 Å². The second-order valence-electron chi connectivity index (χ2n) is 4.96. The average Bonchev–Trinajstić information content (AvgIpc) is 2.46. The van der Waals surface area contributed by atoms with Crippen LogP contribution in [0.25, 0.3) is 0 Å². The lowest BCUT2D eigenvalue weighted by atomic mass is 10.2. The third-order valence-corrected chi connectivity index (χ3v) is 3.78. The van der Waals surface area contributed by atoms with E-state index >= 15 is 0 Å². The molecule has 0 radical (unpaired) electrons. The molecule has 1 heterocycles. The first-order valence-electron chi connectivity index (χ1n) is 7.00. The maximum absolute atomic E-state index is 11.9. The van der Waals surface area contributed by atoms with Gasteiger partial charge < -0.3 is 14.5 Å². The molecule has 114 valence electrons. The van der Waals surface area contributed by atoms with Crippen LogP contribution >= 0.6 is 11.6 Å². The van der Waals surface area contributed by atoms with E-state index in [9.17, 15) is 9.59 Å². The van der Waals surface area contributed by atoms with Gasteiger partial charge in [-0.15, -0.1) is 0 Å². The normalized spacial score (nSPS) is 15.6. The van der Waals surface area contributed by atoms with Gasteiger partial charge in [-0.05, 0) is 31.5 Å². The molecule has 0 unspecified atom stereocenters. The first kappa shape index (κ1) is 15.6. The lowest BCUT2D eigenvalue weighted by Gasteiger charge is -2.32. The van der Waals surface area contributed by atoms with E-state index in [-0.39, 0.29) is 0 Å². The summed E-state index contributed by atoms with van der Waals surface area (Å²) >= 11 is 6.07. The van der Waals surface area contributed by atoms with Crippen molar-refractivity contribution in [3.8, 4) is 5.75 Å². The molecule has 21 heavy (non-hydrogen) atoms. The van der Waals surface area contributed by atoms with Gasteiger partial charge in [0, 0.05) is 19.6 Å². The Hall–Kier alpha value is -1.75. The van der Waals surface area contributed by atoms with Gasteiger partial charge in [-0.1, -0.05) is 17.7 Å². The minimum atomic E-state index is -0.457. The van der Waals surface area contributed by atoms with Crippen molar-refractivity contribution >= 4 is 23.4 Å². The van der Waals surface area contributed by atoms with Gasteiger partial charge in [0.05, 0.1) is 11.6 Å². The fraction of sp³-hybridized carbons (Fsp3) is 0.467. The molecule has 0 atom stereocenters. The van der Waals surface area contributed by atoms with E-state index in [1.807, 2.05) is 26.0 Å². The molecule has 0 aromatic heterocycles. The first-order valence-corrected chi connectivity index (χ1v) is 7.38. The number of hydrogen-bond acceptors (Lipinski definition) is 3. The number of hydrogen-bond donors (Lipinski definition) is 0. The number of nitrogens with zero attached hydrogens (tertiary/aromatic N) is 2. The summed E-state index contributed by atoms with van der Waals surface area (Å²) in [5.74, 6) is -0.299. The van der Waals surface area contributed by atoms with E-state index in [2.05, 4.69) is 0 Å².